The second-order valence-corrected chi connectivity index (χ2v) is 2.24. The molecule has 2 nitrogen and oxygen atoms in total. The third-order valence-corrected chi connectivity index (χ3v) is 1.32. The van der Waals surface area contributed by atoms with Crippen LogP contribution in [0.25, 0.3) is 0 Å². The fourth-order valence-electron chi connectivity index (χ4n) is 0.207. The van der Waals surface area contributed by atoms with Crippen LogP contribution in [-0.2, 0) is 12.8 Å². The van der Waals surface area contributed by atoms with Crippen LogP contribution >= 0.6 is 11.9 Å². The summed E-state index contributed by atoms with van der Waals surface area (Å²) in [5, 5.41) is 1.88. The minimum absolute atomic E-state index is 1.45. The summed E-state index contributed by atoms with van der Waals surface area (Å²) in [6, 6.07) is 0. The van der Waals surface area contributed by atoms with Crippen molar-refractivity contribution in [2.75, 3.05) is 0 Å². The summed E-state index contributed by atoms with van der Waals surface area (Å²) in [7, 11) is 0. The first-order valence-corrected chi connectivity index (χ1v) is 2.65. The van der Waals surface area contributed by atoms with Gasteiger partial charge in [-0.3, -0.25) is 0 Å². The van der Waals surface area contributed by atoms with E-state index < -0.39 is 0 Å². The summed E-state index contributed by atoms with van der Waals surface area (Å²) in [5.74, 6) is 0. The Morgan fingerprint density at radius 1 is 1.83 bits per heavy atom. The van der Waals surface area contributed by atoms with Gasteiger partial charge >= 0.3 is 0 Å². The van der Waals surface area contributed by atoms with Gasteiger partial charge in [0, 0.05) is 11.6 Å². The van der Waals surface area contributed by atoms with Crippen molar-refractivity contribution in [1.82, 2.24) is 9.25 Å². The van der Waals surface area contributed by atoms with Gasteiger partial charge in [0.1, 0.15) is 0 Å². The van der Waals surface area contributed by atoms with Crippen molar-refractivity contribution >= 4 is 24.8 Å². The molecule has 0 radical (unpaired) electrons. The lowest BCUT2D eigenvalue weighted by atomic mass is 11.1. The zero-order valence-corrected chi connectivity index (χ0v) is 4.55. The molecule has 0 atom stereocenters. The van der Waals surface area contributed by atoms with Crippen molar-refractivity contribution in [3.63, 3.8) is 0 Å². The van der Waals surface area contributed by atoms with Gasteiger partial charge in [-0.25, -0.2) is 0 Å². The Hall–Kier alpha value is 0.200. The normalized spacial score (nSPS) is 21.5. The highest BCUT2D eigenvalue weighted by atomic mass is 32.2. The lowest BCUT2D eigenvalue weighted by molar-refractivity contribution is 0.673. The van der Waals surface area contributed by atoms with Crippen molar-refractivity contribution < 1.29 is 0 Å². The molecule has 0 aromatic carbocycles. The second kappa shape index (κ2) is 1.77. The average molecular weight is 119 g/mol. The quantitative estimate of drug-likeness (QED) is 0.366. The standard InChI is InChI=1S/C2H3N2S2/c5-4-3-1-2-6-4/h1-3H/q-1. The van der Waals surface area contributed by atoms with Crippen molar-refractivity contribution in [1.29, 1.82) is 0 Å². The predicted molar refractivity (Wildman–Crippen MR) is 29.1 cm³/mol. The molecule has 1 heterocycles. The van der Waals surface area contributed by atoms with Gasteiger partial charge in [0.15, 0.2) is 0 Å². The predicted octanol–water partition coefficient (Wildman–Crippen LogP) is 0.388. The molecule has 0 saturated heterocycles. The summed E-state index contributed by atoms with van der Waals surface area (Å²) in [6.45, 7) is 0. The lowest BCUT2D eigenvalue weighted by Crippen LogP contribution is -2.14. The van der Waals surface area contributed by atoms with E-state index in [4.69, 9.17) is 0 Å². The number of rotatable bonds is 0. The highest BCUT2D eigenvalue weighted by molar-refractivity contribution is 8.04. The summed E-state index contributed by atoms with van der Waals surface area (Å²) >= 11 is 6.08. The minimum Gasteiger partial charge on any atom is -0.664 e. The highest BCUT2D eigenvalue weighted by Crippen LogP contribution is 2.09. The molecule has 1 N–H and O–H groups in total. The van der Waals surface area contributed by atoms with Crippen molar-refractivity contribution in [3.8, 4) is 0 Å². The van der Waals surface area contributed by atoms with Crippen LogP contribution in [0, 0.1) is 0 Å². The molecule has 1 aliphatic rings. The smallest absolute Gasteiger partial charge is 0.0193 e. The molecule has 0 aromatic heterocycles. The summed E-state index contributed by atoms with van der Waals surface area (Å²) in [4.78, 5) is 0. The van der Waals surface area contributed by atoms with Gasteiger partial charge in [-0.2, -0.15) is 0 Å². The number of hydrogen-bond donors (Lipinski definition) is 1. The molecule has 0 bridgehead atoms. The van der Waals surface area contributed by atoms with Crippen LogP contribution in [0.3, 0.4) is 0 Å². The maximum Gasteiger partial charge on any atom is 0.0193 e. The van der Waals surface area contributed by atoms with E-state index in [2.05, 4.69) is 18.2 Å². The third kappa shape index (κ3) is 0.830. The molecule has 0 aliphatic carbocycles. The second-order valence-electron chi connectivity index (χ2n) is 0.794. The monoisotopic (exact) mass is 119 g/mol. The van der Waals surface area contributed by atoms with Crippen LogP contribution in [0.2, 0.25) is 0 Å². The van der Waals surface area contributed by atoms with E-state index in [-0.39, 0.29) is 0 Å². The topological polar surface area (TPSA) is 15.3 Å². The van der Waals surface area contributed by atoms with E-state index in [1.807, 2.05) is 5.41 Å². The molecule has 6 heavy (non-hydrogen) atoms. The number of nitrogens with one attached hydrogen (secondary N) is 1. The Labute approximate surface area is 46.2 Å². The van der Waals surface area contributed by atoms with Gasteiger partial charge in [-0.05, 0) is 0 Å². The Kier molecular flexibility index (Phi) is 1.29. The summed E-state index contributed by atoms with van der Waals surface area (Å²) < 4.78 is 1.50. The molecule has 0 amide bonds. The molecule has 1 aliphatic heterocycles. The molecule has 0 fully saturated rings. The van der Waals surface area contributed by atoms with Crippen LogP contribution in [-0.4, -0.2) is 3.82 Å². The maximum absolute atomic E-state index is 4.62. The largest absolute Gasteiger partial charge is 0.664 e. The SMILES string of the molecule is [S-]N1NC=CS1. The van der Waals surface area contributed by atoms with Gasteiger partial charge in [-0.15, -0.1) is 0 Å². The fourth-order valence-corrected chi connectivity index (χ4v) is 0.771. The van der Waals surface area contributed by atoms with Gasteiger partial charge in [0.2, 0.25) is 0 Å². The number of hydrazine groups is 1. The lowest BCUT2D eigenvalue weighted by Gasteiger charge is -2.18. The third-order valence-electron chi connectivity index (χ3n) is 0.405. The zero-order chi connectivity index (χ0) is 4.41. The molecule has 34 valence electrons. The molecule has 1 rings (SSSR count). The average Bonchev–Trinajstić information content (AvgIpc) is 1.86. The molecular weight excluding hydrogens is 116 g/mol. The van der Waals surface area contributed by atoms with E-state index in [9.17, 15) is 0 Å². The molecule has 0 saturated carbocycles. The number of nitrogens with zero attached hydrogens (tertiary/aromatic N) is 1. The summed E-state index contributed by atoms with van der Waals surface area (Å²) in [6.07, 6.45) is 1.79. The molecule has 0 spiro atoms. The fraction of sp³-hybridized carbons (Fsp3) is 0. The first kappa shape index (κ1) is 4.36. The minimum atomic E-state index is 1.45. The highest BCUT2D eigenvalue weighted by Gasteiger charge is 1.85. The van der Waals surface area contributed by atoms with Crippen molar-refractivity contribution in [2.24, 2.45) is 0 Å². The molecule has 0 unspecified atom stereocenters. The van der Waals surface area contributed by atoms with Crippen molar-refractivity contribution in [2.45, 2.75) is 0 Å². The van der Waals surface area contributed by atoms with Crippen LogP contribution < -0.4 is 5.43 Å². The first-order valence-electron chi connectivity index (χ1n) is 1.45. The van der Waals surface area contributed by atoms with Crippen LogP contribution in [0.1, 0.15) is 0 Å². The molecule has 4 heteroatoms. The summed E-state index contributed by atoms with van der Waals surface area (Å²) in [5.41, 5.74) is 2.75. The van der Waals surface area contributed by atoms with E-state index in [1.165, 1.54) is 15.8 Å². The van der Waals surface area contributed by atoms with E-state index in [0.717, 1.165) is 0 Å². The van der Waals surface area contributed by atoms with Crippen LogP contribution in [0.5, 0.6) is 0 Å². The van der Waals surface area contributed by atoms with Crippen LogP contribution in [0.15, 0.2) is 11.6 Å². The Morgan fingerprint density at radius 2 is 2.67 bits per heavy atom. The van der Waals surface area contributed by atoms with Gasteiger partial charge in [-0.1, -0.05) is 11.9 Å². The Bertz CT molecular complexity index is 63.9. The Morgan fingerprint density at radius 3 is 2.83 bits per heavy atom. The zero-order valence-electron chi connectivity index (χ0n) is 2.92. The first-order chi connectivity index (χ1) is 2.89. The van der Waals surface area contributed by atoms with E-state index in [0.29, 0.717) is 0 Å². The number of hydrogen-bond acceptors (Lipinski definition) is 4. The molecular formula is C2H3N2S2-. The van der Waals surface area contributed by atoms with Crippen LogP contribution in [0.4, 0.5) is 0 Å². The van der Waals surface area contributed by atoms with Gasteiger partial charge in [0.05, 0.1) is 0 Å². The van der Waals surface area contributed by atoms with E-state index >= 15 is 0 Å². The Balaban J connectivity index is 2.32. The van der Waals surface area contributed by atoms with Crippen molar-refractivity contribution in [3.05, 3.63) is 11.6 Å². The van der Waals surface area contributed by atoms with E-state index in [1.54, 1.807) is 6.20 Å². The van der Waals surface area contributed by atoms with Gasteiger partial charge in [0.25, 0.3) is 0 Å². The molecule has 0 aromatic rings. The maximum atomic E-state index is 4.62. The van der Waals surface area contributed by atoms with Gasteiger partial charge < -0.3 is 22.1 Å².